The molecule has 0 spiro atoms. The van der Waals surface area contributed by atoms with E-state index in [1.54, 1.807) is 0 Å². The molecule has 0 radical (unpaired) electrons. The van der Waals surface area contributed by atoms with Crippen molar-refractivity contribution >= 4 is 16.7 Å². The zero-order chi connectivity index (χ0) is 11.8. The standard InChI is InChI=1S/C14H12O3/c15-14(16)10-7-12-11-4-2-1-3-9(11)5-6-13(12)17-8-10/h1-6,10H,7-8H2,(H,15,16)/t10-/m0/s1. The average Bonchev–Trinajstić information content (AvgIpc) is 2.38. The molecule has 86 valence electrons. The van der Waals surface area contributed by atoms with Gasteiger partial charge in [0.05, 0.1) is 5.92 Å². The first-order valence-electron chi connectivity index (χ1n) is 5.62. The van der Waals surface area contributed by atoms with Crippen molar-refractivity contribution in [3.8, 4) is 5.75 Å². The third kappa shape index (κ3) is 1.64. The summed E-state index contributed by atoms with van der Waals surface area (Å²) in [5, 5.41) is 11.3. The summed E-state index contributed by atoms with van der Waals surface area (Å²) in [6.07, 6.45) is 0.548. The van der Waals surface area contributed by atoms with Crippen LogP contribution < -0.4 is 4.74 Å². The minimum atomic E-state index is -0.788. The van der Waals surface area contributed by atoms with Crippen LogP contribution in [0.25, 0.3) is 10.8 Å². The average molecular weight is 228 g/mol. The Bertz CT molecular complexity index is 589. The van der Waals surface area contributed by atoms with Crippen molar-refractivity contribution in [3.05, 3.63) is 42.0 Å². The molecule has 1 N–H and O–H groups in total. The second-order valence-corrected chi connectivity index (χ2v) is 4.31. The van der Waals surface area contributed by atoms with Crippen LogP contribution >= 0.6 is 0 Å². The zero-order valence-electron chi connectivity index (χ0n) is 9.22. The summed E-state index contributed by atoms with van der Waals surface area (Å²) in [4.78, 5) is 11.0. The van der Waals surface area contributed by atoms with Crippen molar-refractivity contribution in [2.24, 2.45) is 5.92 Å². The lowest BCUT2D eigenvalue weighted by Crippen LogP contribution is -2.27. The van der Waals surface area contributed by atoms with Gasteiger partial charge in [-0.15, -0.1) is 0 Å². The molecule has 17 heavy (non-hydrogen) atoms. The molecule has 3 heteroatoms. The Hall–Kier alpha value is -2.03. The van der Waals surface area contributed by atoms with Gasteiger partial charge in [-0.05, 0) is 23.3 Å². The third-order valence-electron chi connectivity index (χ3n) is 3.24. The van der Waals surface area contributed by atoms with Crippen LogP contribution in [0.3, 0.4) is 0 Å². The van der Waals surface area contributed by atoms with Gasteiger partial charge in [0.1, 0.15) is 12.4 Å². The molecule has 0 fully saturated rings. The molecular weight excluding hydrogens is 216 g/mol. The predicted octanol–water partition coefficient (Wildman–Crippen LogP) is 2.48. The van der Waals surface area contributed by atoms with Gasteiger partial charge in [0.15, 0.2) is 0 Å². The molecule has 3 nitrogen and oxygen atoms in total. The van der Waals surface area contributed by atoms with E-state index < -0.39 is 11.9 Å². The molecule has 0 bridgehead atoms. The van der Waals surface area contributed by atoms with E-state index in [0.717, 1.165) is 22.1 Å². The lowest BCUT2D eigenvalue weighted by atomic mass is 9.92. The first kappa shape index (κ1) is 10.1. The van der Waals surface area contributed by atoms with E-state index in [0.29, 0.717) is 6.42 Å². The Morgan fingerprint density at radius 1 is 1.24 bits per heavy atom. The topological polar surface area (TPSA) is 46.5 Å². The highest BCUT2D eigenvalue weighted by Crippen LogP contribution is 2.33. The van der Waals surface area contributed by atoms with E-state index in [4.69, 9.17) is 9.84 Å². The second kappa shape index (κ2) is 3.77. The number of aliphatic carboxylic acids is 1. The summed E-state index contributed by atoms with van der Waals surface area (Å²) in [6, 6.07) is 11.9. The molecule has 0 unspecified atom stereocenters. The summed E-state index contributed by atoms with van der Waals surface area (Å²) in [5.41, 5.74) is 1.02. The number of ether oxygens (including phenoxy) is 1. The normalized spacial score (nSPS) is 18.5. The molecule has 0 aliphatic carbocycles. The Balaban J connectivity index is 2.15. The van der Waals surface area contributed by atoms with E-state index in [1.165, 1.54) is 0 Å². The first-order valence-corrected chi connectivity index (χ1v) is 5.62. The van der Waals surface area contributed by atoms with E-state index in [-0.39, 0.29) is 6.61 Å². The summed E-state index contributed by atoms with van der Waals surface area (Å²) in [6.45, 7) is 0.265. The molecule has 2 aromatic carbocycles. The maximum Gasteiger partial charge on any atom is 0.310 e. The van der Waals surface area contributed by atoms with Crippen molar-refractivity contribution < 1.29 is 14.6 Å². The molecule has 0 saturated carbocycles. The Morgan fingerprint density at radius 2 is 2.06 bits per heavy atom. The van der Waals surface area contributed by atoms with Crippen LogP contribution in [0, 0.1) is 5.92 Å². The monoisotopic (exact) mass is 228 g/mol. The fraction of sp³-hybridized carbons (Fsp3) is 0.214. The van der Waals surface area contributed by atoms with Gasteiger partial charge in [0, 0.05) is 5.56 Å². The Labute approximate surface area is 98.6 Å². The van der Waals surface area contributed by atoms with Crippen LogP contribution in [0.5, 0.6) is 5.75 Å². The number of carbonyl (C=O) groups is 1. The van der Waals surface area contributed by atoms with Gasteiger partial charge in [-0.25, -0.2) is 0 Å². The number of benzene rings is 2. The van der Waals surface area contributed by atoms with E-state index in [9.17, 15) is 4.79 Å². The minimum absolute atomic E-state index is 0.265. The van der Waals surface area contributed by atoms with Crippen LogP contribution in [0.2, 0.25) is 0 Å². The largest absolute Gasteiger partial charge is 0.492 e. The fourth-order valence-corrected chi connectivity index (χ4v) is 2.32. The molecule has 1 heterocycles. The van der Waals surface area contributed by atoms with E-state index in [2.05, 4.69) is 0 Å². The lowest BCUT2D eigenvalue weighted by Gasteiger charge is -2.23. The SMILES string of the molecule is O=C(O)[C@@H]1COc2ccc3ccccc3c2C1. The molecule has 0 amide bonds. The number of hydrogen-bond donors (Lipinski definition) is 1. The van der Waals surface area contributed by atoms with Crippen LogP contribution in [0.4, 0.5) is 0 Å². The summed E-state index contributed by atoms with van der Waals surface area (Å²) < 4.78 is 5.52. The van der Waals surface area contributed by atoms with E-state index >= 15 is 0 Å². The number of hydrogen-bond acceptors (Lipinski definition) is 2. The van der Waals surface area contributed by atoms with Gasteiger partial charge in [-0.3, -0.25) is 4.79 Å². The number of rotatable bonds is 1. The van der Waals surface area contributed by atoms with Gasteiger partial charge < -0.3 is 9.84 Å². The van der Waals surface area contributed by atoms with Gasteiger partial charge >= 0.3 is 5.97 Å². The van der Waals surface area contributed by atoms with Crippen molar-refractivity contribution in [1.82, 2.24) is 0 Å². The molecule has 3 rings (SSSR count). The highest BCUT2D eigenvalue weighted by atomic mass is 16.5. The summed E-state index contributed by atoms with van der Waals surface area (Å²) in [5.74, 6) is -0.405. The van der Waals surface area contributed by atoms with Crippen molar-refractivity contribution in [2.45, 2.75) is 6.42 Å². The number of carboxylic acids is 1. The van der Waals surface area contributed by atoms with Crippen molar-refractivity contribution in [1.29, 1.82) is 0 Å². The van der Waals surface area contributed by atoms with E-state index in [1.807, 2.05) is 36.4 Å². The van der Waals surface area contributed by atoms with Gasteiger partial charge in [0.25, 0.3) is 0 Å². The van der Waals surface area contributed by atoms with Crippen LogP contribution in [-0.4, -0.2) is 17.7 Å². The first-order chi connectivity index (χ1) is 8.25. The maximum absolute atomic E-state index is 11.0. The van der Waals surface area contributed by atoms with Crippen LogP contribution in [-0.2, 0) is 11.2 Å². The smallest absolute Gasteiger partial charge is 0.310 e. The van der Waals surface area contributed by atoms with Crippen molar-refractivity contribution in [3.63, 3.8) is 0 Å². The lowest BCUT2D eigenvalue weighted by molar-refractivity contribution is -0.143. The fourth-order valence-electron chi connectivity index (χ4n) is 2.32. The van der Waals surface area contributed by atoms with Gasteiger partial charge in [-0.1, -0.05) is 30.3 Å². The second-order valence-electron chi connectivity index (χ2n) is 4.31. The summed E-state index contributed by atoms with van der Waals surface area (Å²) in [7, 11) is 0. The highest BCUT2D eigenvalue weighted by Gasteiger charge is 2.26. The molecule has 0 aromatic heterocycles. The van der Waals surface area contributed by atoms with Crippen molar-refractivity contribution in [2.75, 3.05) is 6.61 Å². The zero-order valence-corrected chi connectivity index (χ0v) is 9.22. The highest BCUT2D eigenvalue weighted by molar-refractivity contribution is 5.88. The Kier molecular flexibility index (Phi) is 2.25. The minimum Gasteiger partial charge on any atom is -0.492 e. The predicted molar refractivity (Wildman–Crippen MR) is 64.3 cm³/mol. The third-order valence-corrected chi connectivity index (χ3v) is 3.24. The Morgan fingerprint density at radius 3 is 2.88 bits per heavy atom. The number of carboxylic acid groups (broad SMARTS) is 1. The molecule has 2 aromatic rings. The molecular formula is C14H12O3. The quantitative estimate of drug-likeness (QED) is 0.815. The molecule has 1 aliphatic heterocycles. The molecule has 1 aliphatic rings. The molecule has 0 saturated heterocycles. The summed E-state index contributed by atoms with van der Waals surface area (Å²) >= 11 is 0. The van der Waals surface area contributed by atoms with Crippen LogP contribution in [0.1, 0.15) is 5.56 Å². The molecule has 1 atom stereocenters. The van der Waals surface area contributed by atoms with Gasteiger partial charge in [0.2, 0.25) is 0 Å². The van der Waals surface area contributed by atoms with Crippen LogP contribution in [0.15, 0.2) is 36.4 Å². The number of fused-ring (bicyclic) bond motifs is 3. The van der Waals surface area contributed by atoms with Gasteiger partial charge in [-0.2, -0.15) is 0 Å². The maximum atomic E-state index is 11.0.